The number of aliphatic hydroxyl groups is 13. The highest BCUT2D eigenvalue weighted by Crippen LogP contribution is 2.35. The molecule has 0 aromatic rings. The Balaban J connectivity index is 1.31. The van der Waals surface area contributed by atoms with Crippen LogP contribution in [0.3, 0.4) is 0 Å². The number of hydrogen-bond acceptors (Lipinski definition) is 23. The first-order chi connectivity index (χ1) is 45.0. The Morgan fingerprint density at radius 1 is 0.419 bits per heavy atom. The third kappa shape index (κ3) is 29.5. The number of nitrogens with one attached hydrogen (secondary N) is 2. The van der Waals surface area contributed by atoms with Gasteiger partial charge in [0.25, 0.3) is 0 Å². The predicted octanol–water partition coefficient (Wildman–Crippen LogP) is 3.90. The fraction of sp³-hybridized carbons (Fsp3) is 0.912. The van der Waals surface area contributed by atoms with Crippen molar-refractivity contribution in [3.8, 4) is 0 Å². The van der Waals surface area contributed by atoms with Crippen LogP contribution in [-0.4, -0.2) is 246 Å². The van der Waals surface area contributed by atoms with Crippen LogP contribution in [0.2, 0.25) is 0 Å². The minimum atomic E-state index is -2.10. The molecule has 4 heterocycles. The van der Waals surface area contributed by atoms with Gasteiger partial charge in [-0.05, 0) is 44.9 Å². The summed E-state index contributed by atoms with van der Waals surface area (Å²) in [4.78, 5) is 26.0. The Morgan fingerprint density at radius 3 is 1.25 bits per heavy atom. The Kier molecular flexibility index (Phi) is 43.1. The molecule has 544 valence electrons. The number of aliphatic hydroxyl groups excluding tert-OH is 13. The highest BCUT2D eigenvalue weighted by molar-refractivity contribution is 5.76. The lowest BCUT2D eigenvalue weighted by Gasteiger charge is -2.50. The molecule has 4 aliphatic heterocycles. The molecule has 22 atom stereocenters. The Bertz CT molecular complexity index is 1980. The largest absolute Gasteiger partial charge is 0.394 e. The zero-order valence-electron chi connectivity index (χ0n) is 56.1. The minimum Gasteiger partial charge on any atom is -0.394 e. The molecule has 0 saturated carbocycles. The van der Waals surface area contributed by atoms with Gasteiger partial charge in [0.1, 0.15) is 97.6 Å². The topological polar surface area (TPSA) is 395 Å². The van der Waals surface area contributed by atoms with Crippen molar-refractivity contribution in [3.05, 3.63) is 24.3 Å². The van der Waals surface area contributed by atoms with Crippen LogP contribution >= 0.6 is 0 Å². The lowest BCUT2D eigenvalue weighted by atomic mass is 9.94. The Labute approximate surface area is 552 Å². The molecule has 25 heteroatoms. The molecule has 0 radical (unpaired) electrons. The van der Waals surface area contributed by atoms with Crippen LogP contribution in [0.1, 0.15) is 226 Å². The van der Waals surface area contributed by atoms with E-state index in [1.165, 1.54) is 141 Å². The van der Waals surface area contributed by atoms with Crippen molar-refractivity contribution in [1.82, 2.24) is 10.6 Å². The molecule has 0 bridgehead atoms. The lowest BCUT2D eigenvalue weighted by molar-refractivity contribution is -0.380. The number of amides is 2. The van der Waals surface area contributed by atoms with Crippen LogP contribution in [-0.2, 0) is 47.5 Å². The quantitative estimate of drug-likeness (QED) is 0.0303. The van der Waals surface area contributed by atoms with E-state index in [1.807, 2.05) is 6.08 Å². The van der Waals surface area contributed by atoms with Gasteiger partial charge in [-0.1, -0.05) is 192 Å². The fourth-order valence-corrected chi connectivity index (χ4v) is 12.5. The number of carbonyl (C=O) groups is 2. The molecule has 93 heavy (non-hydrogen) atoms. The van der Waals surface area contributed by atoms with Crippen LogP contribution in [0, 0.1) is 0 Å². The lowest BCUT2D eigenvalue weighted by Crippen LogP contribution is -2.70. The van der Waals surface area contributed by atoms with E-state index in [0.717, 1.165) is 51.9 Å². The highest BCUT2D eigenvalue weighted by Gasteiger charge is 2.56. The smallest absolute Gasteiger partial charge is 0.220 e. The van der Waals surface area contributed by atoms with Crippen molar-refractivity contribution in [2.45, 2.75) is 361 Å². The van der Waals surface area contributed by atoms with Gasteiger partial charge in [0.15, 0.2) is 25.2 Å². The van der Waals surface area contributed by atoms with E-state index in [2.05, 4.69) is 36.6 Å². The summed E-state index contributed by atoms with van der Waals surface area (Å²) in [5.74, 6) is -1.06. The van der Waals surface area contributed by atoms with Gasteiger partial charge < -0.3 is 115 Å². The molecule has 15 N–H and O–H groups in total. The molecule has 4 fully saturated rings. The van der Waals surface area contributed by atoms with Crippen LogP contribution in [0.5, 0.6) is 0 Å². The van der Waals surface area contributed by atoms with E-state index in [4.69, 9.17) is 37.9 Å². The van der Waals surface area contributed by atoms with Crippen molar-refractivity contribution in [1.29, 1.82) is 0 Å². The summed E-state index contributed by atoms with van der Waals surface area (Å²) >= 11 is 0. The van der Waals surface area contributed by atoms with E-state index in [9.17, 15) is 76.0 Å². The molecule has 8 unspecified atom stereocenters. The van der Waals surface area contributed by atoms with Crippen LogP contribution in [0.15, 0.2) is 24.3 Å². The molecular weight excluding hydrogens is 1210 g/mol. The Morgan fingerprint density at radius 2 is 0.785 bits per heavy atom. The molecule has 0 aliphatic carbocycles. The first-order valence-corrected chi connectivity index (χ1v) is 35.6. The van der Waals surface area contributed by atoms with E-state index >= 15 is 0 Å². The number of ether oxygens (including phenoxy) is 8. The molecule has 2 amide bonds. The summed E-state index contributed by atoms with van der Waals surface area (Å²) in [7, 11) is 0. The van der Waals surface area contributed by atoms with Crippen molar-refractivity contribution in [3.63, 3.8) is 0 Å². The summed E-state index contributed by atoms with van der Waals surface area (Å²) in [6, 6.07) is -2.63. The van der Waals surface area contributed by atoms with Gasteiger partial charge in [-0.3, -0.25) is 9.59 Å². The number of hydrogen-bond donors (Lipinski definition) is 15. The summed E-state index contributed by atoms with van der Waals surface area (Å²) in [5, 5.41) is 147. The molecule has 4 saturated heterocycles. The van der Waals surface area contributed by atoms with E-state index in [1.54, 1.807) is 6.08 Å². The average Bonchev–Trinajstić information content (AvgIpc) is 0.792. The molecule has 4 aliphatic rings. The maximum absolute atomic E-state index is 13.5. The van der Waals surface area contributed by atoms with Gasteiger partial charge in [0.05, 0.1) is 45.2 Å². The first kappa shape index (κ1) is 83.0. The van der Waals surface area contributed by atoms with Crippen molar-refractivity contribution >= 4 is 11.8 Å². The standard InChI is InChI=1S/C68H124N2O23/c1-4-6-8-10-12-14-16-18-19-20-21-22-23-24-25-27-29-31-33-35-37-39-52(77)70-46(47(76)38-36-34-32-30-28-26-17-15-13-11-9-7-5-2)44-86-66-60(84)57(81)63(50(42-73)89-66)92-68-61(85)58(82)62(51(43-74)90-68)91-65-53(69-45(3)75)64(55(79)49(41-72)87-65)93-67-59(83)56(80)54(78)48(40-71)88-67/h18-19,36,38,46-51,53-68,71-74,76,78-85H,4-17,20-35,37,39-44H2,1-3H3,(H,69,75)(H,70,77)/b19-18-,38-36+/t46-,47+,48?,49?,50?,51?,53?,54-,55-,56-,57+,58+,59?,60?,61?,62-,63+,64+,65-,66+,67-,68-/m0/s1. The zero-order valence-corrected chi connectivity index (χ0v) is 56.1. The number of carbonyl (C=O) groups excluding carboxylic acids is 2. The van der Waals surface area contributed by atoms with E-state index < -0.39 is 174 Å². The fourth-order valence-electron chi connectivity index (χ4n) is 12.5. The third-order valence-corrected chi connectivity index (χ3v) is 18.3. The van der Waals surface area contributed by atoms with Crippen LogP contribution < -0.4 is 10.6 Å². The minimum absolute atomic E-state index is 0.213. The molecule has 0 spiro atoms. The molecule has 25 nitrogen and oxygen atoms in total. The van der Waals surface area contributed by atoms with Gasteiger partial charge in [-0.15, -0.1) is 0 Å². The second-order valence-electron chi connectivity index (χ2n) is 26.1. The SMILES string of the molecule is CCCCCCCC/C=C\CCCCCCCCCCCCCC(=O)N[C@@H](CO[C@@H]1OC(CO)[C@@H](O[C@@H]2OC(CO)[C@H](O[C@@H]3OC(CO)[C@H](O)[C@H](O[C@@H]4OC(CO)[C@H](O)[C@H](O)C4O)C3NC(C)=O)[C@H](O)C2O)[C@H](O)C1O)[C@H](O)/C=C/CCCCCCCCCCCCC. The summed E-state index contributed by atoms with van der Waals surface area (Å²) in [5.41, 5.74) is 0. The van der Waals surface area contributed by atoms with Gasteiger partial charge in [0, 0.05) is 13.3 Å². The number of allylic oxidation sites excluding steroid dienone is 3. The van der Waals surface area contributed by atoms with Gasteiger partial charge in [-0.2, -0.15) is 0 Å². The predicted molar refractivity (Wildman–Crippen MR) is 345 cm³/mol. The normalized spacial score (nSPS) is 32.5. The maximum atomic E-state index is 13.5. The van der Waals surface area contributed by atoms with E-state index in [-0.39, 0.29) is 12.3 Å². The molecule has 4 rings (SSSR count). The third-order valence-electron chi connectivity index (χ3n) is 18.3. The maximum Gasteiger partial charge on any atom is 0.220 e. The van der Waals surface area contributed by atoms with Crippen LogP contribution in [0.25, 0.3) is 0 Å². The van der Waals surface area contributed by atoms with Gasteiger partial charge in [-0.25, -0.2) is 0 Å². The van der Waals surface area contributed by atoms with Crippen LogP contribution in [0.4, 0.5) is 0 Å². The number of rotatable bonds is 50. The Hall–Kier alpha value is -2.42. The monoisotopic (exact) mass is 1340 g/mol. The van der Waals surface area contributed by atoms with Gasteiger partial charge in [0.2, 0.25) is 11.8 Å². The summed E-state index contributed by atoms with van der Waals surface area (Å²) in [6.07, 6.45) is 9.60. The highest BCUT2D eigenvalue weighted by atomic mass is 16.8. The second kappa shape index (κ2) is 48.3. The van der Waals surface area contributed by atoms with Crippen molar-refractivity contribution < 1.29 is 114 Å². The summed E-state index contributed by atoms with van der Waals surface area (Å²) < 4.78 is 46.8. The molecule has 0 aromatic carbocycles. The van der Waals surface area contributed by atoms with Gasteiger partial charge >= 0.3 is 0 Å². The average molecular weight is 1340 g/mol. The molecule has 0 aromatic heterocycles. The first-order valence-electron chi connectivity index (χ1n) is 35.6. The van der Waals surface area contributed by atoms with E-state index in [0.29, 0.717) is 12.8 Å². The molecular formula is C68H124N2O23. The van der Waals surface area contributed by atoms with Crippen molar-refractivity contribution in [2.24, 2.45) is 0 Å². The number of unbranched alkanes of at least 4 members (excludes halogenated alkanes) is 28. The second-order valence-corrected chi connectivity index (χ2v) is 26.1. The summed E-state index contributed by atoms with van der Waals surface area (Å²) in [6.45, 7) is 1.60. The van der Waals surface area contributed by atoms with Crippen molar-refractivity contribution in [2.75, 3.05) is 33.0 Å². The zero-order chi connectivity index (χ0) is 67.9.